The van der Waals surface area contributed by atoms with Crippen molar-refractivity contribution in [3.63, 3.8) is 0 Å². The van der Waals surface area contributed by atoms with Gasteiger partial charge in [0.15, 0.2) is 0 Å². The van der Waals surface area contributed by atoms with Crippen LogP contribution >= 0.6 is 0 Å². The third kappa shape index (κ3) is 3.12. The lowest BCUT2D eigenvalue weighted by Crippen LogP contribution is -2.69. The zero-order chi connectivity index (χ0) is 18.5. The van der Waals surface area contributed by atoms with E-state index in [1.54, 1.807) is 0 Å². The van der Waals surface area contributed by atoms with Gasteiger partial charge in [-0.2, -0.15) is 0 Å². The van der Waals surface area contributed by atoms with Crippen LogP contribution in [0.4, 0.5) is 5.82 Å². The molecule has 0 saturated carbocycles. The number of aryl methyl sites for hydroxylation is 1. The van der Waals surface area contributed by atoms with Gasteiger partial charge in [0, 0.05) is 54.7 Å². The van der Waals surface area contributed by atoms with Gasteiger partial charge in [0.2, 0.25) is 0 Å². The summed E-state index contributed by atoms with van der Waals surface area (Å²) in [7, 11) is 2.17. The molecule has 144 valence electrons. The molecule has 0 radical (unpaired) electrons. The van der Waals surface area contributed by atoms with Gasteiger partial charge in [0.05, 0.1) is 6.10 Å². The van der Waals surface area contributed by atoms with E-state index in [1.807, 2.05) is 6.92 Å². The highest BCUT2D eigenvalue weighted by Gasteiger charge is 2.55. The Labute approximate surface area is 157 Å². The Morgan fingerprint density at radius 1 is 1.08 bits per heavy atom. The van der Waals surface area contributed by atoms with Crippen LogP contribution < -0.4 is 10.2 Å². The maximum absolute atomic E-state index is 11.0. The molecule has 3 atom stereocenters. The number of nitrogens with zero attached hydrogens (tertiary/aromatic N) is 4. The summed E-state index contributed by atoms with van der Waals surface area (Å²) >= 11 is 0. The molecule has 26 heavy (non-hydrogen) atoms. The van der Waals surface area contributed by atoms with Crippen LogP contribution in [-0.4, -0.2) is 72.4 Å². The number of hydrogen-bond acceptors (Lipinski definition) is 6. The van der Waals surface area contributed by atoms with E-state index in [1.165, 1.54) is 5.69 Å². The van der Waals surface area contributed by atoms with Crippen molar-refractivity contribution >= 4 is 5.82 Å². The quantitative estimate of drug-likeness (QED) is 0.832. The molecule has 4 heterocycles. The fourth-order valence-corrected chi connectivity index (χ4v) is 5.73. The number of aliphatic hydroxyl groups excluding tert-OH is 1. The van der Waals surface area contributed by atoms with Gasteiger partial charge in [-0.25, -0.2) is 9.97 Å². The van der Waals surface area contributed by atoms with Gasteiger partial charge in [0.1, 0.15) is 11.6 Å². The second kappa shape index (κ2) is 6.43. The minimum Gasteiger partial charge on any atom is -0.392 e. The molecule has 1 aromatic heterocycles. The number of rotatable bonds is 2. The number of anilines is 1. The van der Waals surface area contributed by atoms with Gasteiger partial charge < -0.3 is 20.2 Å². The van der Waals surface area contributed by atoms with Crippen LogP contribution in [0.15, 0.2) is 6.07 Å². The molecule has 3 aliphatic heterocycles. The van der Waals surface area contributed by atoms with E-state index >= 15 is 0 Å². The number of aliphatic hydroxyl groups is 1. The van der Waals surface area contributed by atoms with Crippen molar-refractivity contribution < 1.29 is 5.11 Å². The molecule has 3 fully saturated rings. The highest BCUT2D eigenvalue weighted by Crippen LogP contribution is 2.46. The predicted molar refractivity (Wildman–Crippen MR) is 104 cm³/mol. The normalized spacial score (nSPS) is 36.3. The molecule has 2 N–H and O–H groups in total. The monoisotopic (exact) mass is 359 g/mol. The van der Waals surface area contributed by atoms with E-state index in [0.717, 1.165) is 63.8 Å². The molecule has 3 saturated heterocycles. The number of nitrogens with one attached hydrogen (secondary N) is 1. The van der Waals surface area contributed by atoms with Crippen LogP contribution in [0.5, 0.6) is 0 Å². The van der Waals surface area contributed by atoms with E-state index in [9.17, 15) is 5.11 Å². The molecule has 1 unspecified atom stereocenters. The summed E-state index contributed by atoms with van der Waals surface area (Å²) in [6.07, 6.45) is 2.03. The number of aromatic nitrogens is 2. The van der Waals surface area contributed by atoms with Crippen LogP contribution in [0.1, 0.15) is 44.1 Å². The van der Waals surface area contributed by atoms with Crippen LogP contribution in [0.25, 0.3) is 0 Å². The van der Waals surface area contributed by atoms with E-state index in [0.29, 0.717) is 5.92 Å². The van der Waals surface area contributed by atoms with Crippen molar-refractivity contribution in [1.82, 2.24) is 20.2 Å². The standard InChI is InChI=1S/C20H33N5O/c1-14-22-16(15-5-7-21-8-6-15)9-17(23-14)25-12-19(2)10-24(4)11-20(3,13-25)18(19)26/h9,15,18,21,26H,5-8,10-13H2,1-4H3/t18?,19-,20+. The SMILES string of the molecule is Cc1nc(C2CCNCC2)cc(N2C[C@]3(C)CN(C)C[C@](C)(C2)C3O)n1. The fourth-order valence-electron chi connectivity index (χ4n) is 5.73. The molecule has 1 aromatic rings. The molecule has 0 spiro atoms. The summed E-state index contributed by atoms with van der Waals surface area (Å²) in [5.74, 6) is 2.43. The molecule has 0 aromatic carbocycles. The van der Waals surface area contributed by atoms with Crippen molar-refractivity contribution in [2.75, 3.05) is 51.2 Å². The van der Waals surface area contributed by atoms with E-state index in [4.69, 9.17) is 9.97 Å². The summed E-state index contributed by atoms with van der Waals surface area (Å²) in [6.45, 7) is 12.1. The van der Waals surface area contributed by atoms with Gasteiger partial charge in [-0.3, -0.25) is 0 Å². The average Bonchev–Trinajstić information content (AvgIpc) is 2.58. The Kier molecular flexibility index (Phi) is 4.48. The minimum atomic E-state index is -0.269. The number of likely N-dealkylation sites (tertiary alicyclic amines) is 1. The smallest absolute Gasteiger partial charge is 0.132 e. The highest BCUT2D eigenvalue weighted by atomic mass is 16.3. The lowest BCUT2D eigenvalue weighted by molar-refractivity contribution is -0.127. The number of hydrogen-bond donors (Lipinski definition) is 2. The topological polar surface area (TPSA) is 64.5 Å². The molecule has 4 rings (SSSR count). The number of piperidine rings is 3. The van der Waals surface area contributed by atoms with E-state index in [2.05, 4.69) is 42.1 Å². The highest BCUT2D eigenvalue weighted by molar-refractivity contribution is 5.43. The van der Waals surface area contributed by atoms with Crippen molar-refractivity contribution in [2.24, 2.45) is 10.8 Å². The Balaban J connectivity index is 1.64. The molecule has 6 heteroatoms. The molecule has 3 aliphatic rings. The molecule has 2 bridgehead atoms. The van der Waals surface area contributed by atoms with Crippen molar-refractivity contribution in [1.29, 1.82) is 0 Å². The van der Waals surface area contributed by atoms with Crippen LogP contribution in [0.3, 0.4) is 0 Å². The molecular weight excluding hydrogens is 326 g/mol. The lowest BCUT2D eigenvalue weighted by Gasteiger charge is -2.59. The first kappa shape index (κ1) is 18.1. The van der Waals surface area contributed by atoms with Gasteiger partial charge in [-0.05, 0) is 39.9 Å². The summed E-state index contributed by atoms with van der Waals surface area (Å²) in [6, 6.07) is 2.22. The minimum absolute atomic E-state index is 0.131. The third-order valence-corrected chi connectivity index (χ3v) is 6.61. The van der Waals surface area contributed by atoms with Crippen molar-refractivity contribution in [2.45, 2.75) is 45.6 Å². The summed E-state index contributed by atoms with van der Waals surface area (Å²) < 4.78 is 0. The Bertz CT molecular complexity index is 654. The first-order chi connectivity index (χ1) is 12.3. The Hall–Kier alpha value is -1.24. The first-order valence-electron chi connectivity index (χ1n) is 9.97. The van der Waals surface area contributed by atoms with Gasteiger partial charge in [-0.1, -0.05) is 13.8 Å². The maximum Gasteiger partial charge on any atom is 0.132 e. The predicted octanol–water partition coefficient (Wildman–Crippen LogP) is 1.39. The zero-order valence-electron chi connectivity index (χ0n) is 16.6. The number of fused-ring (bicyclic) bond motifs is 2. The van der Waals surface area contributed by atoms with Crippen LogP contribution in [0.2, 0.25) is 0 Å². The molecular formula is C20H33N5O. The Morgan fingerprint density at radius 3 is 2.31 bits per heavy atom. The third-order valence-electron chi connectivity index (χ3n) is 6.61. The maximum atomic E-state index is 11.0. The van der Waals surface area contributed by atoms with Gasteiger partial charge in [-0.15, -0.1) is 0 Å². The summed E-state index contributed by atoms with van der Waals surface area (Å²) in [4.78, 5) is 14.3. The van der Waals surface area contributed by atoms with Crippen molar-refractivity contribution in [3.8, 4) is 0 Å². The summed E-state index contributed by atoms with van der Waals surface area (Å²) in [5.41, 5.74) is 0.930. The van der Waals surface area contributed by atoms with E-state index in [-0.39, 0.29) is 16.9 Å². The summed E-state index contributed by atoms with van der Waals surface area (Å²) in [5, 5.41) is 14.4. The molecule has 6 nitrogen and oxygen atoms in total. The Morgan fingerprint density at radius 2 is 1.69 bits per heavy atom. The van der Waals surface area contributed by atoms with E-state index < -0.39 is 0 Å². The van der Waals surface area contributed by atoms with Gasteiger partial charge >= 0.3 is 0 Å². The van der Waals surface area contributed by atoms with Gasteiger partial charge in [0.25, 0.3) is 0 Å². The first-order valence-corrected chi connectivity index (χ1v) is 9.97. The molecule has 0 amide bonds. The molecule has 0 aliphatic carbocycles. The van der Waals surface area contributed by atoms with Crippen molar-refractivity contribution in [3.05, 3.63) is 17.6 Å². The lowest BCUT2D eigenvalue weighted by atomic mass is 9.63. The average molecular weight is 360 g/mol. The van der Waals surface area contributed by atoms with Crippen LogP contribution in [-0.2, 0) is 0 Å². The second-order valence-electron chi connectivity index (χ2n) is 9.46. The fraction of sp³-hybridized carbons (Fsp3) is 0.800. The second-order valence-corrected chi connectivity index (χ2v) is 9.46. The largest absolute Gasteiger partial charge is 0.392 e. The van der Waals surface area contributed by atoms with Crippen LogP contribution in [0, 0.1) is 17.8 Å². The zero-order valence-corrected chi connectivity index (χ0v) is 16.6.